The summed E-state index contributed by atoms with van der Waals surface area (Å²) < 4.78 is 83.1. The Balaban J connectivity index is 1.20. The molecule has 5 aromatic rings. The van der Waals surface area contributed by atoms with Crippen molar-refractivity contribution in [3.05, 3.63) is 124 Å². The fraction of sp³-hybridized carbons (Fsp3) is 0.188. The van der Waals surface area contributed by atoms with Gasteiger partial charge in [0.1, 0.15) is 11.3 Å². The average Bonchev–Trinajstić information content (AvgIpc) is 3.58. The molecule has 16 heteroatoms. The third-order valence-electron chi connectivity index (χ3n) is 7.43. The number of carbonyl (C=O) groups is 1. The number of aromatic nitrogens is 4. The number of hydrogen-bond acceptors (Lipinski definition) is 9. The largest absolute Gasteiger partial charge is 0.508 e. The number of nitrogens with one attached hydrogen (secondary N) is 1. The lowest BCUT2D eigenvalue weighted by Crippen LogP contribution is -2.31. The second-order valence-electron chi connectivity index (χ2n) is 10.6. The number of halogens is 5. The van der Waals surface area contributed by atoms with E-state index in [0.29, 0.717) is 28.6 Å². The van der Waals surface area contributed by atoms with Gasteiger partial charge in [-0.25, -0.2) is 22.0 Å². The first kappa shape index (κ1) is 33.0. The van der Waals surface area contributed by atoms with E-state index in [1.54, 1.807) is 24.3 Å². The minimum Gasteiger partial charge on any atom is -0.508 e. The Bertz CT molecular complexity index is 1900. The fourth-order valence-corrected chi connectivity index (χ4v) is 5.84. The van der Waals surface area contributed by atoms with E-state index in [0.717, 1.165) is 11.1 Å². The molecule has 1 aliphatic heterocycles. The molecule has 1 fully saturated rings. The maximum atomic E-state index is 14.1. The number of rotatable bonds is 9. The van der Waals surface area contributed by atoms with Crippen molar-refractivity contribution in [2.75, 3.05) is 11.1 Å². The Morgan fingerprint density at radius 2 is 1.48 bits per heavy atom. The molecule has 248 valence electrons. The molecule has 3 atom stereocenters. The van der Waals surface area contributed by atoms with Crippen molar-refractivity contribution in [2.45, 2.75) is 36.7 Å². The second kappa shape index (κ2) is 14.1. The molecule has 48 heavy (non-hydrogen) atoms. The molecule has 10 nitrogen and oxygen atoms in total. The van der Waals surface area contributed by atoms with Crippen molar-refractivity contribution in [3.63, 3.8) is 0 Å². The van der Waals surface area contributed by atoms with E-state index in [1.165, 1.54) is 52.8 Å². The van der Waals surface area contributed by atoms with Crippen LogP contribution in [0.3, 0.4) is 0 Å². The van der Waals surface area contributed by atoms with E-state index < -0.39 is 59.1 Å². The number of carbonyl (C=O) groups excluding carboxylic acids is 1. The van der Waals surface area contributed by atoms with E-state index in [4.69, 9.17) is 9.47 Å². The number of thioether (sulfide) groups is 1. The van der Waals surface area contributed by atoms with Crippen LogP contribution < -0.4 is 5.32 Å². The molecule has 3 N–H and O–H groups in total. The molecule has 0 unspecified atom stereocenters. The number of benzene rings is 4. The number of phenols is 1. The SMILES string of the molecule is O=C(Nc1ccc([C@H]2O[C@@H](CSc3nnnn3-c3ccc(O)cc3)C[C@@H](c3ccc(CO)cc3)O2)cc1)c1c(F)c(F)c(F)c(F)c1F. The number of amides is 1. The van der Waals surface area contributed by atoms with Gasteiger partial charge in [0.05, 0.1) is 24.5 Å². The van der Waals surface area contributed by atoms with Crippen molar-refractivity contribution in [1.82, 2.24) is 20.2 Å². The zero-order valence-electron chi connectivity index (χ0n) is 24.5. The van der Waals surface area contributed by atoms with Crippen LogP contribution in [0.15, 0.2) is 78.0 Å². The maximum Gasteiger partial charge on any atom is 0.261 e. The molecular formula is C32H24F5N5O5S. The van der Waals surface area contributed by atoms with Crippen LogP contribution in [0, 0.1) is 29.1 Å². The highest BCUT2D eigenvalue weighted by Crippen LogP contribution is 2.39. The van der Waals surface area contributed by atoms with Gasteiger partial charge in [-0.2, -0.15) is 4.68 Å². The van der Waals surface area contributed by atoms with Crippen LogP contribution >= 0.6 is 11.8 Å². The van der Waals surface area contributed by atoms with Crippen LogP contribution in [0.1, 0.15) is 45.9 Å². The fourth-order valence-electron chi connectivity index (χ4n) is 4.94. The van der Waals surface area contributed by atoms with E-state index in [9.17, 15) is 37.0 Å². The lowest BCUT2D eigenvalue weighted by molar-refractivity contribution is -0.245. The third kappa shape index (κ3) is 6.87. The Labute approximate surface area is 273 Å². The Morgan fingerprint density at radius 1 is 0.854 bits per heavy atom. The summed E-state index contributed by atoms with van der Waals surface area (Å²) in [5, 5.41) is 33.6. The smallest absolute Gasteiger partial charge is 0.261 e. The van der Waals surface area contributed by atoms with Gasteiger partial charge in [-0.15, -0.1) is 5.10 Å². The lowest BCUT2D eigenvalue weighted by Gasteiger charge is -2.36. The summed E-state index contributed by atoms with van der Waals surface area (Å²) in [5.74, 6) is -12.4. The van der Waals surface area contributed by atoms with Gasteiger partial charge >= 0.3 is 0 Å². The summed E-state index contributed by atoms with van der Waals surface area (Å²) in [4.78, 5) is 12.5. The molecule has 4 aromatic carbocycles. The first-order valence-corrected chi connectivity index (χ1v) is 15.3. The number of aliphatic hydroxyl groups excluding tert-OH is 1. The summed E-state index contributed by atoms with van der Waals surface area (Å²) in [6.45, 7) is -0.125. The molecule has 1 aliphatic rings. The first-order chi connectivity index (χ1) is 23.1. The number of nitrogens with zero attached hydrogens (tertiary/aromatic N) is 4. The normalized spacial score (nSPS) is 17.8. The number of hydrogen-bond donors (Lipinski definition) is 3. The van der Waals surface area contributed by atoms with Crippen LogP contribution in [-0.4, -0.2) is 48.2 Å². The van der Waals surface area contributed by atoms with Gasteiger partial charge in [-0.3, -0.25) is 4.79 Å². The Morgan fingerprint density at radius 3 is 2.12 bits per heavy atom. The zero-order chi connectivity index (χ0) is 33.9. The Kier molecular flexibility index (Phi) is 9.68. The van der Waals surface area contributed by atoms with Crippen molar-refractivity contribution >= 4 is 23.4 Å². The number of anilines is 1. The molecule has 1 amide bonds. The van der Waals surface area contributed by atoms with Crippen molar-refractivity contribution in [3.8, 4) is 11.4 Å². The number of ether oxygens (including phenoxy) is 2. The van der Waals surface area contributed by atoms with E-state index >= 15 is 0 Å². The summed E-state index contributed by atoms with van der Waals surface area (Å²) in [7, 11) is 0. The van der Waals surface area contributed by atoms with Crippen LogP contribution in [-0.2, 0) is 16.1 Å². The quantitative estimate of drug-likeness (QED) is 0.0724. The van der Waals surface area contributed by atoms with Gasteiger partial charge in [0.25, 0.3) is 5.91 Å². The van der Waals surface area contributed by atoms with E-state index in [2.05, 4.69) is 20.8 Å². The number of tetrazole rings is 1. The second-order valence-corrected chi connectivity index (χ2v) is 11.6. The highest BCUT2D eigenvalue weighted by molar-refractivity contribution is 7.99. The predicted molar refractivity (Wildman–Crippen MR) is 161 cm³/mol. The summed E-state index contributed by atoms with van der Waals surface area (Å²) in [5.41, 5.74) is 1.09. The van der Waals surface area contributed by atoms with Crippen LogP contribution in [0.5, 0.6) is 5.75 Å². The molecule has 6 rings (SSSR count). The molecular weight excluding hydrogens is 661 g/mol. The molecule has 1 saturated heterocycles. The van der Waals surface area contributed by atoms with Crippen molar-refractivity contribution < 1.29 is 46.4 Å². The minimum atomic E-state index is -2.37. The monoisotopic (exact) mass is 685 g/mol. The predicted octanol–water partition coefficient (Wildman–Crippen LogP) is 6.15. The van der Waals surface area contributed by atoms with Gasteiger partial charge in [0.15, 0.2) is 29.6 Å². The molecule has 0 radical (unpaired) electrons. The maximum absolute atomic E-state index is 14.1. The third-order valence-corrected chi connectivity index (χ3v) is 8.48. The van der Waals surface area contributed by atoms with Gasteiger partial charge in [-0.1, -0.05) is 48.2 Å². The lowest BCUT2D eigenvalue weighted by atomic mass is 10.0. The van der Waals surface area contributed by atoms with Gasteiger partial charge < -0.3 is 25.0 Å². The van der Waals surface area contributed by atoms with Crippen molar-refractivity contribution in [2.24, 2.45) is 0 Å². The highest BCUT2D eigenvalue weighted by atomic mass is 32.2. The van der Waals surface area contributed by atoms with E-state index in [-0.39, 0.29) is 18.0 Å². The van der Waals surface area contributed by atoms with Gasteiger partial charge in [0.2, 0.25) is 11.0 Å². The minimum absolute atomic E-state index is 0.00724. The first-order valence-electron chi connectivity index (χ1n) is 14.3. The summed E-state index contributed by atoms with van der Waals surface area (Å²) in [6, 6.07) is 19.4. The molecule has 0 aliphatic carbocycles. The molecule has 1 aromatic heterocycles. The number of aliphatic hydroxyl groups is 1. The average molecular weight is 686 g/mol. The van der Waals surface area contributed by atoms with Crippen LogP contribution in [0.25, 0.3) is 5.69 Å². The van der Waals surface area contributed by atoms with Crippen LogP contribution in [0.2, 0.25) is 0 Å². The standard InChI is InChI=1S/C32H24F5N5O5S/c33-25-24(26(34)28(36)29(37)27(25)35)30(45)38-19-7-5-18(6-8-19)31-46-22(13-23(47-31)17-3-1-16(14-43)2-4-17)15-48-32-39-40-41-42(32)20-9-11-21(44)12-10-20/h1-12,22-23,31,43-44H,13-15H2,(H,38,45)/t22-,23+,31+/m1/s1. The van der Waals surface area contributed by atoms with Crippen LogP contribution in [0.4, 0.5) is 27.6 Å². The summed E-state index contributed by atoms with van der Waals surface area (Å²) >= 11 is 1.34. The molecule has 0 bridgehead atoms. The molecule has 2 heterocycles. The van der Waals surface area contributed by atoms with Gasteiger partial charge in [0, 0.05) is 23.4 Å². The highest BCUT2D eigenvalue weighted by Gasteiger charge is 2.33. The zero-order valence-corrected chi connectivity index (χ0v) is 25.3. The summed E-state index contributed by atoms with van der Waals surface area (Å²) in [6.07, 6.45) is -1.31. The van der Waals surface area contributed by atoms with Gasteiger partial charge in [-0.05, 0) is 58.0 Å². The Hall–Kier alpha value is -4.90. The van der Waals surface area contributed by atoms with E-state index in [1.807, 2.05) is 12.1 Å². The topological polar surface area (TPSA) is 132 Å². The van der Waals surface area contributed by atoms with Crippen molar-refractivity contribution in [1.29, 1.82) is 0 Å². The molecule has 0 spiro atoms. The molecule has 0 saturated carbocycles. The number of phenolic OH excluding ortho intramolecular Hbond substituents is 1. The number of aromatic hydroxyl groups is 1.